The Labute approximate surface area is 192 Å². The number of hydrogen-bond donors (Lipinski definition) is 3. The number of aliphatic hydroxyl groups excluding tert-OH is 1. The van der Waals surface area contributed by atoms with Crippen LogP contribution in [0.5, 0.6) is 0 Å². The van der Waals surface area contributed by atoms with Crippen LogP contribution in [-0.4, -0.2) is 53.1 Å². The van der Waals surface area contributed by atoms with Gasteiger partial charge in [-0.3, -0.25) is 9.59 Å². The van der Waals surface area contributed by atoms with Crippen LogP contribution < -0.4 is 10.6 Å². The van der Waals surface area contributed by atoms with Crippen LogP contribution in [0, 0.1) is 0 Å². The van der Waals surface area contributed by atoms with Gasteiger partial charge in [0, 0.05) is 29.8 Å². The van der Waals surface area contributed by atoms with Gasteiger partial charge in [-0.2, -0.15) is 0 Å². The molecule has 1 atom stereocenters. The summed E-state index contributed by atoms with van der Waals surface area (Å²) in [6.45, 7) is 6.20. The number of fused-ring (bicyclic) bond motifs is 1. The van der Waals surface area contributed by atoms with Crippen LogP contribution in [0.15, 0.2) is 36.4 Å². The third kappa shape index (κ3) is 4.29. The van der Waals surface area contributed by atoms with Gasteiger partial charge in [-0.1, -0.05) is 49.7 Å². The van der Waals surface area contributed by atoms with E-state index in [4.69, 9.17) is 17.3 Å². The first kappa shape index (κ1) is 25.1. The fourth-order valence-electron chi connectivity index (χ4n) is 3.98. The first-order valence-electron chi connectivity index (χ1n) is 9.89. The summed E-state index contributed by atoms with van der Waals surface area (Å²) in [5, 5.41) is 21.6. The molecule has 3 rings (SSSR count). The Hall–Kier alpha value is -2.16. The van der Waals surface area contributed by atoms with Crippen molar-refractivity contribution in [2.24, 2.45) is 5.73 Å². The normalized spacial score (nSPS) is 17.6. The molecule has 1 heterocycles. The monoisotopic (exact) mass is 467 g/mol. The maximum atomic E-state index is 13.6. The van der Waals surface area contributed by atoms with Crippen LogP contribution in [0.4, 0.5) is 5.69 Å². The average molecular weight is 468 g/mol. The van der Waals surface area contributed by atoms with Crippen LogP contribution >= 0.6 is 24.0 Å². The van der Waals surface area contributed by atoms with Crippen molar-refractivity contribution in [2.45, 2.75) is 26.1 Å². The summed E-state index contributed by atoms with van der Waals surface area (Å²) in [5.74, 6) is -1.25. The summed E-state index contributed by atoms with van der Waals surface area (Å²) >= 11 is 6.48. The number of amides is 2. The summed E-state index contributed by atoms with van der Waals surface area (Å²) in [6, 6.07) is 9.49. The molecule has 1 unspecified atom stereocenters. The number of primary amides is 1. The number of nitrogens with zero attached hydrogens (tertiary/aromatic N) is 2. The van der Waals surface area contributed by atoms with Crippen molar-refractivity contribution in [3.05, 3.63) is 63.7 Å². The smallest absolute Gasteiger partial charge is 0.268 e. The third-order valence-corrected chi connectivity index (χ3v) is 5.97. The Balaban J connectivity index is 0.00000341. The number of benzene rings is 2. The van der Waals surface area contributed by atoms with Gasteiger partial charge in [-0.05, 0) is 30.8 Å². The molecule has 4 N–H and O–H groups in total. The predicted octanol–water partition coefficient (Wildman–Crippen LogP) is 2.28. The number of carbonyl (C=O) groups is 2. The molecule has 9 heteroatoms. The maximum Gasteiger partial charge on any atom is 0.268 e. The van der Waals surface area contributed by atoms with Crippen molar-refractivity contribution >= 4 is 41.5 Å². The van der Waals surface area contributed by atoms with Gasteiger partial charge in [0.25, 0.3) is 5.91 Å². The van der Waals surface area contributed by atoms with Crippen LogP contribution in [0.2, 0.25) is 5.02 Å². The average Bonchev–Trinajstić information content (AvgIpc) is 2.96. The largest absolute Gasteiger partial charge is 0.392 e. The van der Waals surface area contributed by atoms with E-state index < -0.39 is 17.4 Å². The Bertz CT molecular complexity index is 981. The number of rotatable bonds is 8. The van der Waals surface area contributed by atoms with Gasteiger partial charge in [-0.15, -0.1) is 12.4 Å². The first-order valence-corrected chi connectivity index (χ1v) is 10.3. The van der Waals surface area contributed by atoms with Gasteiger partial charge >= 0.3 is 0 Å². The van der Waals surface area contributed by atoms with Crippen molar-refractivity contribution in [3.63, 3.8) is 0 Å². The standard InChI is InChI=1S/C22H26ClN3O4.ClH/c1-3-25(4-2)9-10-26-18-12-15(20(24)28)11-17(23)19(18)22(30,21(26)29)16-8-6-5-7-14(16)13-27;/h5-8,11-12,27,30H,3-4,9-10,13H2,1-2H3,(H2,24,28);1H. The number of aliphatic hydroxyl groups is 2. The summed E-state index contributed by atoms with van der Waals surface area (Å²) < 4.78 is 0. The Morgan fingerprint density at radius 1 is 1.23 bits per heavy atom. The molecule has 0 bridgehead atoms. The van der Waals surface area contributed by atoms with E-state index in [-0.39, 0.29) is 40.7 Å². The molecule has 0 saturated carbocycles. The number of carbonyl (C=O) groups excluding carboxylic acids is 2. The minimum atomic E-state index is -2.08. The van der Waals surface area contributed by atoms with E-state index in [1.807, 2.05) is 13.8 Å². The lowest BCUT2D eigenvalue weighted by Crippen LogP contribution is -2.44. The molecule has 2 aromatic rings. The summed E-state index contributed by atoms with van der Waals surface area (Å²) in [4.78, 5) is 29.0. The second-order valence-corrected chi connectivity index (χ2v) is 7.63. The molecule has 0 aromatic heterocycles. The van der Waals surface area contributed by atoms with E-state index in [0.29, 0.717) is 24.3 Å². The molecule has 0 radical (unpaired) electrons. The highest BCUT2D eigenvalue weighted by Crippen LogP contribution is 2.49. The van der Waals surface area contributed by atoms with E-state index in [0.717, 1.165) is 13.1 Å². The molecule has 0 spiro atoms. The quantitative estimate of drug-likeness (QED) is 0.551. The van der Waals surface area contributed by atoms with Crippen molar-refractivity contribution in [3.8, 4) is 0 Å². The van der Waals surface area contributed by atoms with E-state index in [2.05, 4.69) is 4.90 Å². The summed E-state index contributed by atoms with van der Waals surface area (Å²) in [7, 11) is 0. The lowest BCUT2D eigenvalue weighted by atomic mass is 9.84. The molecule has 0 fully saturated rings. The Kier molecular flexibility index (Phi) is 8.08. The summed E-state index contributed by atoms with van der Waals surface area (Å²) in [6.07, 6.45) is 0. The molecular formula is C22H27Cl2N3O4. The fourth-order valence-corrected chi connectivity index (χ4v) is 4.33. The molecule has 31 heavy (non-hydrogen) atoms. The molecule has 2 amide bonds. The van der Waals surface area contributed by atoms with Crippen LogP contribution in [0.3, 0.4) is 0 Å². The van der Waals surface area contributed by atoms with E-state index in [1.165, 1.54) is 17.0 Å². The van der Waals surface area contributed by atoms with Gasteiger partial charge in [0.1, 0.15) is 0 Å². The molecule has 168 valence electrons. The van der Waals surface area contributed by atoms with Gasteiger partial charge in [-0.25, -0.2) is 0 Å². The molecule has 1 aliphatic rings. The SMILES string of the molecule is CCN(CC)CCN1C(=O)C(O)(c2ccccc2CO)c2c(Cl)cc(C(N)=O)cc21.Cl. The van der Waals surface area contributed by atoms with Crippen molar-refractivity contribution in [2.75, 3.05) is 31.1 Å². The highest BCUT2D eigenvalue weighted by Gasteiger charge is 2.53. The predicted molar refractivity (Wildman–Crippen MR) is 123 cm³/mol. The minimum Gasteiger partial charge on any atom is -0.392 e. The topological polar surface area (TPSA) is 107 Å². The highest BCUT2D eigenvalue weighted by atomic mass is 35.5. The zero-order valence-electron chi connectivity index (χ0n) is 17.5. The minimum absolute atomic E-state index is 0. The van der Waals surface area contributed by atoms with Crippen LogP contribution in [-0.2, 0) is 17.0 Å². The second kappa shape index (κ2) is 9.97. The third-order valence-electron chi connectivity index (χ3n) is 5.67. The van der Waals surface area contributed by atoms with Gasteiger partial charge in [0.05, 0.1) is 17.3 Å². The fraction of sp³-hybridized carbons (Fsp3) is 0.364. The zero-order chi connectivity index (χ0) is 22.1. The maximum absolute atomic E-state index is 13.6. The lowest BCUT2D eigenvalue weighted by molar-refractivity contribution is -0.132. The number of likely N-dealkylation sites (N-methyl/N-ethyl adjacent to an activating group) is 1. The molecular weight excluding hydrogens is 441 g/mol. The van der Waals surface area contributed by atoms with Gasteiger partial charge in [0.15, 0.2) is 5.60 Å². The van der Waals surface area contributed by atoms with Crippen molar-refractivity contribution in [1.82, 2.24) is 4.90 Å². The lowest BCUT2D eigenvalue weighted by Gasteiger charge is -2.27. The Morgan fingerprint density at radius 3 is 2.45 bits per heavy atom. The zero-order valence-corrected chi connectivity index (χ0v) is 19.0. The molecule has 1 aliphatic heterocycles. The molecule has 2 aromatic carbocycles. The van der Waals surface area contributed by atoms with Gasteiger partial charge < -0.3 is 25.7 Å². The summed E-state index contributed by atoms with van der Waals surface area (Å²) in [5.41, 5.74) is 4.74. The van der Waals surface area contributed by atoms with Crippen molar-refractivity contribution in [1.29, 1.82) is 0 Å². The van der Waals surface area contributed by atoms with E-state index in [9.17, 15) is 19.8 Å². The molecule has 7 nitrogen and oxygen atoms in total. The van der Waals surface area contributed by atoms with E-state index in [1.54, 1.807) is 24.3 Å². The number of halogens is 2. The molecule has 0 saturated heterocycles. The second-order valence-electron chi connectivity index (χ2n) is 7.23. The van der Waals surface area contributed by atoms with Crippen molar-refractivity contribution < 1.29 is 19.8 Å². The van der Waals surface area contributed by atoms with Crippen LogP contribution in [0.25, 0.3) is 0 Å². The van der Waals surface area contributed by atoms with Gasteiger partial charge in [0.2, 0.25) is 5.91 Å². The first-order chi connectivity index (χ1) is 14.3. The number of anilines is 1. The molecule has 0 aliphatic carbocycles. The number of nitrogens with two attached hydrogens (primary N) is 1. The highest BCUT2D eigenvalue weighted by molar-refractivity contribution is 6.33. The van der Waals surface area contributed by atoms with E-state index >= 15 is 0 Å². The Morgan fingerprint density at radius 2 is 1.87 bits per heavy atom. The number of hydrogen-bond acceptors (Lipinski definition) is 5. The van der Waals surface area contributed by atoms with Crippen LogP contribution in [0.1, 0.15) is 40.9 Å².